The SMILES string of the molecule is CC(O)CC(C)O.Cc1nc2ccccc2nc1-c1[c-]cc(Cl)cc1.[Ir]. The van der Waals surface area contributed by atoms with E-state index in [9.17, 15) is 0 Å². The van der Waals surface area contributed by atoms with Crippen molar-refractivity contribution in [3.63, 3.8) is 0 Å². The molecule has 2 atom stereocenters. The molecular weight excluding hydrogens is 528 g/mol. The van der Waals surface area contributed by atoms with E-state index in [2.05, 4.69) is 16.0 Å². The number of fused-ring (bicyclic) bond motifs is 1. The van der Waals surface area contributed by atoms with Gasteiger partial charge in [-0.05, 0) is 44.3 Å². The van der Waals surface area contributed by atoms with Crippen LogP contribution in [0.1, 0.15) is 26.0 Å². The number of nitrogens with zero attached hydrogens (tertiary/aromatic N) is 2. The summed E-state index contributed by atoms with van der Waals surface area (Å²) < 4.78 is 0. The number of hydrogen-bond donors (Lipinski definition) is 2. The molecule has 0 saturated heterocycles. The van der Waals surface area contributed by atoms with Crippen LogP contribution in [0.25, 0.3) is 22.3 Å². The zero-order chi connectivity index (χ0) is 18.4. The zero-order valence-electron chi connectivity index (χ0n) is 14.9. The zero-order valence-corrected chi connectivity index (χ0v) is 18.1. The number of rotatable bonds is 3. The normalized spacial score (nSPS) is 12.5. The second-order valence-corrected chi connectivity index (χ2v) is 6.44. The number of halogens is 1. The van der Waals surface area contributed by atoms with Crippen LogP contribution in [-0.4, -0.2) is 32.4 Å². The summed E-state index contributed by atoms with van der Waals surface area (Å²) in [5.41, 5.74) is 4.46. The number of hydrogen-bond acceptors (Lipinski definition) is 4. The molecule has 0 spiro atoms. The van der Waals surface area contributed by atoms with Gasteiger partial charge in [0.1, 0.15) is 0 Å². The molecule has 0 bridgehead atoms. The van der Waals surface area contributed by atoms with E-state index < -0.39 is 0 Å². The number of benzene rings is 2. The Morgan fingerprint density at radius 2 is 1.58 bits per heavy atom. The number of aryl methyl sites for hydroxylation is 1. The van der Waals surface area contributed by atoms with E-state index in [1.807, 2.05) is 43.3 Å². The molecule has 0 fully saturated rings. The van der Waals surface area contributed by atoms with Crippen LogP contribution in [0.15, 0.2) is 42.5 Å². The van der Waals surface area contributed by atoms with Gasteiger partial charge in [-0.2, -0.15) is 0 Å². The quantitative estimate of drug-likeness (QED) is 0.481. The Balaban J connectivity index is 0.000000366. The standard InChI is InChI=1S/C15H10ClN2.C5H12O2.Ir/c1-10-15(11-6-8-12(16)9-7-11)18-14-5-3-2-4-13(14)17-10;1-4(6)3-5(2)7;/h2-6,8-9H,1H3;4-7H,3H2,1-2H3;/q-1;;. The van der Waals surface area contributed by atoms with Gasteiger partial charge < -0.3 is 10.2 Å². The minimum atomic E-state index is -0.375. The first-order valence-electron chi connectivity index (χ1n) is 8.14. The van der Waals surface area contributed by atoms with Crippen LogP contribution in [0.2, 0.25) is 5.02 Å². The summed E-state index contributed by atoms with van der Waals surface area (Å²) in [6.07, 6.45) is -0.278. The van der Waals surface area contributed by atoms with E-state index in [0.29, 0.717) is 11.4 Å². The van der Waals surface area contributed by atoms with Gasteiger partial charge in [0, 0.05) is 31.5 Å². The Kier molecular flexibility index (Phi) is 9.34. The minimum absolute atomic E-state index is 0. The van der Waals surface area contributed by atoms with Crippen molar-refractivity contribution in [3.05, 3.63) is 59.2 Å². The molecule has 0 amide bonds. The largest absolute Gasteiger partial charge is 0.393 e. The summed E-state index contributed by atoms with van der Waals surface area (Å²) in [4.78, 5) is 9.20. The molecule has 1 radical (unpaired) electrons. The maximum atomic E-state index is 8.56. The van der Waals surface area contributed by atoms with Crippen molar-refractivity contribution in [2.45, 2.75) is 39.4 Å². The summed E-state index contributed by atoms with van der Waals surface area (Å²) >= 11 is 5.87. The summed E-state index contributed by atoms with van der Waals surface area (Å²) in [6, 6.07) is 16.5. The summed E-state index contributed by atoms with van der Waals surface area (Å²) in [6.45, 7) is 5.27. The van der Waals surface area contributed by atoms with E-state index >= 15 is 0 Å². The first-order chi connectivity index (χ1) is 11.9. The van der Waals surface area contributed by atoms with Crippen LogP contribution in [0.5, 0.6) is 0 Å². The molecule has 1 heterocycles. The first kappa shape index (κ1) is 22.7. The van der Waals surface area contributed by atoms with Gasteiger partial charge in [0.05, 0.1) is 23.2 Å². The second-order valence-electron chi connectivity index (χ2n) is 6.00. The molecule has 2 unspecified atom stereocenters. The first-order valence-corrected chi connectivity index (χ1v) is 8.51. The van der Waals surface area contributed by atoms with Crippen LogP contribution in [0.4, 0.5) is 0 Å². The van der Waals surface area contributed by atoms with Crippen molar-refractivity contribution in [2.24, 2.45) is 0 Å². The molecular formula is C20H22ClIrN2O2-. The summed E-state index contributed by atoms with van der Waals surface area (Å²) in [5.74, 6) is 0. The molecule has 4 nitrogen and oxygen atoms in total. The third kappa shape index (κ3) is 6.75. The van der Waals surface area contributed by atoms with Crippen molar-refractivity contribution < 1.29 is 30.3 Å². The molecule has 3 rings (SSSR count). The smallest absolute Gasteiger partial charge is 0.0870 e. The fourth-order valence-corrected chi connectivity index (χ4v) is 2.51. The van der Waals surface area contributed by atoms with E-state index in [-0.39, 0.29) is 32.3 Å². The summed E-state index contributed by atoms with van der Waals surface area (Å²) in [5, 5.41) is 17.8. The van der Waals surface area contributed by atoms with Crippen molar-refractivity contribution in [1.29, 1.82) is 0 Å². The molecule has 3 aromatic rings. The maximum Gasteiger partial charge on any atom is 0.0870 e. The van der Waals surface area contributed by atoms with Crippen molar-refractivity contribution in [2.75, 3.05) is 0 Å². The fourth-order valence-electron chi connectivity index (χ4n) is 2.39. The van der Waals surface area contributed by atoms with E-state index in [1.54, 1.807) is 19.9 Å². The van der Waals surface area contributed by atoms with Crippen LogP contribution in [0, 0.1) is 13.0 Å². The van der Waals surface area contributed by atoms with Crippen molar-refractivity contribution >= 4 is 22.6 Å². The predicted molar refractivity (Wildman–Crippen MR) is 102 cm³/mol. The van der Waals surface area contributed by atoms with Crippen molar-refractivity contribution in [1.82, 2.24) is 9.97 Å². The van der Waals surface area contributed by atoms with Gasteiger partial charge in [0.15, 0.2) is 0 Å². The predicted octanol–water partition coefficient (Wildman–Crippen LogP) is 4.19. The molecule has 1 aromatic heterocycles. The van der Waals surface area contributed by atoms with Gasteiger partial charge in [-0.25, -0.2) is 0 Å². The molecule has 26 heavy (non-hydrogen) atoms. The fraction of sp³-hybridized carbons (Fsp3) is 0.300. The molecule has 141 valence electrons. The maximum absolute atomic E-state index is 8.56. The van der Waals surface area contributed by atoms with Crippen LogP contribution < -0.4 is 0 Å². The Bertz CT molecular complexity index is 818. The van der Waals surface area contributed by atoms with E-state index in [4.69, 9.17) is 21.8 Å². The van der Waals surface area contributed by atoms with Gasteiger partial charge in [-0.15, -0.1) is 41.4 Å². The number of aliphatic hydroxyl groups excluding tert-OH is 2. The van der Waals surface area contributed by atoms with E-state index in [0.717, 1.165) is 28.0 Å². The minimum Gasteiger partial charge on any atom is -0.393 e. The third-order valence-electron chi connectivity index (χ3n) is 3.46. The Hall–Kier alpha value is -1.36. The third-order valence-corrected chi connectivity index (χ3v) is 3.69. The Labute approximate surface area is 172 Å². The van der Waals surface area contributed by atoms with Gasteiger partial charge in [-0.1, -0.05) is 12.1 Å². The van der Waals surface area contributed by atoms with Gasteiger partial charge in [0.25, 0.3) is 0 Å². The molecule has 0 aliphatic carbocycles. The number of para-hydroxylation sites is 2. The van der Waals surface area contributed by atoms with Crippen LogP contribution >= 0.6 is 11.6 Å². The molecule has 0 aliphatic heterocycles. The average Bonchev–Trinajstić information content (AvgIpc) is 2.54. The summed E-state index contributed by atoms with van der Waals surface area (Å²) in [7, 11) is 0. The molecule has 0 aliphatic rings. The van der Waals surface area contributed by atoms with Crippen LogP contribution in [0.3, 0.4) is 0 Å². The Morgan fingerprint density at radius 1 is 1.00 bits per heavy atom. The average molecular weight is 550 g/mol. The van der Waals surface area contributed by atoms with Gasteiger partial charge in [0.2, 0.25) is 0 Å². The van der Waals surface area contributed by atoms with E-state index in [1.165, 1.54) is 0 Å². The van der Waals surface area contributed by atoms with Crippen molar-refractivity contribution in [3.8, 4) is 11.3 Å². The number of aliphatic hydroxyl groups is 2. The molecule has 2 aromatic carbocycles. The Morgan fingerprint density at radius 3 is 2.04 bits per heavy atom. The molecule has 0 saturated carbocycles. The topological polar surface area (TPSA) is 66.2 Å². The molecule has 2 N–H and O–H groups in total. The van der Waals surface area contributed by atoms with Gasteiger partial charge in [-0.3, -0.25) is 9.97 Å². The monoisotopic (exact) mass is 550 g/mol. The second kappa shape index (κ2) is 10.7. The number of aromatic nitrogens is 2. The van der Waals surface area contributed by atoms with Gasteiger partial charge >= 0.3 is 0 Å². The molecule has 6 heteroatoms. The van der Waals surface area contributed by atoms with Crippen LogP contribution in [-0.2, 0) is 20.1 Å².